The molecular weight excluding hydrogens is 256 g/mol. The number of anilines is 2. The zero-order valence-electron chi connectivity index (χ0n) is 11.8. The summed E-state index contributed by atoms with van der Waals surface area (Å²) in [5.74, 6) is 1.35. The van der Waals surface area contributed by atoms with Crippen molar-refractivity contribution in [2.24, 2.45) is 0 Å². The van der Waals surface area contributed by atoms with E-state index in [2.05, 4.69) is 25.3 Å². The smallest absolute Gasteiger partial charge is 0.252 e. The van der Waals surface area contributed by atoms with Crippen molar-refractivity contribution < 1.29 is 0 Å². The molecule has 0 saturated heterocycles. The Labute approximate surface area is 116 Å². The third kappa shape index (κ3) is 3.31. The summed E-state index contributed by atoms with van der Waals surface area (Å²) >= 11 is 0. The Bertz CT molecular complexity index is 656. The van der Waals surface area contributed by atoms with Crippen molar-refractivity contribution in [1.82, 2.24) is 19.9 Å². The Morgan fingerprint density at radius 1 is 1.20 bits per heavy atom. The molecule has 2 aromatic rings. The molecule has 0 bridgehead atoms. The number of aryl methyl sites for hydroxylation is 2. The quantitative estimate of drug-likeness (QED) is 0.758. The molecule has 0 aliphatic rings. The minimum atomic E-state index is -0.245. The monoisotopic (exact) mass is 274 g/mol. The highest BCUT2D eigenvalue weighted by Gasteiger charge is 2.04. The standard InChI is InChI=1S/C13H18N6O/c1-7-8(2)16-13(17-9(7)3)15-5-4-11-18-10(14)6-12(20)19-11/h6H,4-5H2,1-3H3,(H,15,16,17)(H3,14,18,19,20). The first-order valence-corrected chi connectivity index (χ1v) is 6.37. The second-order valence-electron chi connectivity index (χ2n) is 4.64. The maximum atomic E-state index is 11.3. The van der Waals surface area contributed by atoms with E-state index in [9.17, 15) is 4.79 Å². The van der Waals surface area contributed by atoms with Crippen LogP contribution in [0.4, 0.5) is 11.8 Å². The van der Waals surface area contributed by atoms with Crippen molar-refractivity contribution >= 4 is 11.8 Å². The van der Waals surface area contributed by atoms with Gasteiger partial charge in [-0.25, -0.2) is 15.0 Å². The molecule has 7 nitrogen and oxygen atoms in total. The molecule has 106 valence electrons. The predicted octanol–water partition coefficient (Wildman–Crippen LogP) is 0.722. The van der Waals surface area contributed by atoms with Gasteiger partial charge in [-0.2, -0.15) is 0 Å². The third-order valence-corrected chi connectivity index (χ3v) is 3.09. The highest BCUT2D eigenvalue weighted by atomic mass is 16.1. The van der Waals surface area contributed by atoms with Gasteiger partial charge in [0, 0.05) is 30.4 Å². The average molecular weight is 274 g/mol. The number of hydrogen-bond acceptors (Lipinski definition) is 6. The summed E-state index contributed by atoms with van der Waals surface area (Å²) in [6.45, 7) is 6.46. The van der Waals surface area contributed by atoms with E-state index in [0.717, 1.165) is 17.0 Å². The van der Waals surface area contributed by atoms with Crippen molar-refractivity contribution in [2.75, 3.05) is 17.6 Å². The van der Waals surface area contributed by atoms with Crippen LogP contribution in [0.25, 0.3) is 0 Å². The molecule has 4 N–H and O–H groups in total. The molecule has 0 unspecified atom stereocenters. The summed E-state index contributed by atoms with van der Waals surface area (Å²) in [5.41, 5.74) is 8.28. The van der Waals surface area contributed by atoms with Crippen LogP contribution in [0.5, 0.6) is 0 Å². The van der Waals surface area contributed by atoms with E-state index in [1.54, 1.807) is 0 Å². The molecule has 0 radical (unpaired) electrons. The maximum absolute atomic E-state index is 11.3. The molecule has 0 saturated carbocycles. The van der Waals surface area contributed by atoms with Crippen LogP contribution >= 0.6 is 0 Å². The molecule has 0 atom stereocenters. The minimum absolute atomic E-state index is 0.224. The number of hydrogen-bond donors (Lipinski definition) is 3. The van der Waals surface area contributed by atoms with Gasteiger partial charge in [0.2, 0.25) is 5.95 Å². The Morgan fingerprint density at radius 2 is 1.85 bits per heavy atom. The largest absolute Gasteiger partial charge is 0.383 e. The lowest BCUT2D eigenvalue weighted by molar-refractivity contribution is 0.870. The Hall–Kier alpha value is -2.44. The summed E-state index contributed by atoms with van der Waals surface area (Å²) in [7, 11) is 0. The lowest BCUT2D eigenvalue weighted by Gasteiger charge is -2.09. The molecule has 0 aliphatic heterocycles. The van der Waals surface area contributed by atoms with Gasteiger partial charge in [-0.3, -0.25) is 4.79 Å². The first-order chi connectivity index (χ1) is 9.45. The average Bonchev–Trinajstić information content (AvgIpc) is 2.34. The van der Waals surface area contributed by atoms with E-state index in [-0.39, 0.29) is 11.4 Å². The minimum Gasteiger partial charge on any atom is -0.383 e. The van der Waals surface area contributed by atoms with E-state index < -0.39 is 0 Å². The number of aromatic amines is 1. The fourth-order valence-electron chi connectivity index (χ4n) is 1.79. The zero-order valence-corrected chi connectivity index (χ0v) is 11.8. The van der Waals surface area contributed by atoms with E-state index in [4.69, 9.17) is 5.73 Å². The third-order valence-electron chi connectivity index (χ3n) is 3.09. The summed E-state index contributed by atoms with van der Waals surface area (Å²) < 4.78 is 0. The number of nitrogens with one attached hydrogen (secondary N) is 2. The maximum Gasteiger partial charge on any atom is 0.252 e. The highest BCUT2D eigenvalue weighted by molar-refractivity contribution is 5.33. The van der Waals surface area contributed by atoms with E-state index in [0.29, 0.717) is 24.7 Å². The summed E-state index contributed by atoms with van der Waals surface area (Å²) in [6.07, 6.45) is 0.537. The Kier molecular flexibility index (Phi) is 3.97. The van der Waals surface area contributed by atoms with E-state index in [1.807, 2.05) is 20.8 Å². The first kappa shape index (κ1) is 14.0. The van der Waals surface area contributed by atoms with Crippen molar-refractivity contribution in [3.05, 3.63) is 39.2 Å². The lowest BCUT2D eigenvalue weighted by atomic mass is 10.2. The van der Waals surface area contributed by atoms with Gasteiger partial charge in [0.15, 0.2) is 0 Å². The predicted molar refractivity (Wildman–Crippen MR) is 77.7 cm³/mol. The fraction of sp³-hybridized carbons (Fsp3) is 0.385. The molecule has 0 aliphatic carbocycles. The number of nitrogens with zero attached hydrogens (tertiary/aromatic N) is 3. The molecule has 2 rings (SSSR count). The van der Waals surface area contributed by atoms with Crippen molar-refractivity contribution in [3.63, 3.8) is 0 Å². The van der Waals surface area contributed by atoms with Crippen LogP contribution in [0.1, 0.15) is 22.8 Å². The Balaban J connectivity index is 2.01. The fourth-order valence-corrected chi connectivity index (χ4v) is 1.79. The molecule has 20 heavy (non-hydrogen) atoms. The van der Waals surface area contributed by atoms with Gasteiger partial charge in [0.25, 0.3) is 5.56 Å². The topological polar surface area (TPSA) is 110 Å². The summed E-state index contributed by atoms with van der Waals surface area (Å²) in [6, 6.07) is 1.26. The van der Waals surface area contributed by atoms with Gasteiger partial charge in [0.1, 0.15) is 11.6 Å². The van der Waals surface area contributed by atoms with Gasteiger partial charge in [-0.15, -0.1) is 0 Å². The van der Waals surface area contributed by atoms with Gasteiger partial charge in [-0.05, 0) is 26.3 Å². The van der Waals surface area contributed by atoms with E-state index in [1.165, 1.54) is 6.07 Å². The molecule has 0 aromatic carbocycles. The second kappa shape index (κ2) is 5.68. The van der Waals surface area contributed by atoms with Crippen molar-refractivity contribution in [3.8, 4) is 0 Å². The van der Waals surface area contributed by atoms with Crippen LogP contribution in [0, 0.1) is 20.8 Å². The van der Waals surface area contributed by atoms with Gasteiger partial charge in [0.05, 0.1) is 0 Å². The molecular formula is C13H18N6O. The molecule has 7 heteroatoms. The van der Waals surface area contributed by atoms with E-state index >= 15 is 0 Å². The van der Waals surface area contributed by atoms with Crippen LogP contribution in [0.3, 0.4) is 0 Å². The number of nitrogen functional groups attached to an aromatic ring is 1. The summed E-state index contributed by atoms with van der Waals surface area (Å²) in [5, 5.41) is 3.12. The van der Waals surface area contributed by atoms with Crippen LogP contribution in [-0.2, 0) is 6.42 Å². The molecule has 0 amide bonds. The van der Waals surface area contributed by atoms with Gasteiger partial charge < -0.3 is 16.0 Å². The van der Waals surface area contributed by atoms with Crippen molar-refractivity contribution in [2.45, 2.75) is 27.2 Å². The van der Waals surface area contributed by atoms with Crippen LogP contribution < -0.4 is 16.6 Å². The van der Waals surface area contributed by atoms with Crippen LogP contribution in [-0.4, -0.2) is 26.5 Å². The van der Waals surface area contributed by atoms with Crippen LogP contribution in [0.15, 0.2) is 10.9 Å². The normalized spacial score (nSPS) is 10.6. The number of rotatable bonds is 4. The SMILES string of the molecule is Cc1nc(NCCc2nc(N)cc(=O)[nH]2)nc(C)c1C. The number of nitrogens with two attached hydrogens (primary N) is 1. The zero-order chi connectivity index (χ0) is 14.7. The first-order valence-electron chi connectivity index (χ1n) is 6.37. The molecule has 0 spiro atoms. The van der Waals surface area contributed by atoms with Gasteiger partial charge >= 0.3 is 0 Å². The summed E-state index contributed by atoms with van der Waals surface area (Å²) in [4.78, 5) is 26.7. The second-order valence-corrected chi connectivity index (χ2v) is 4.64. The molecule has 2 heterocycles. The van der Waals surface area contributed by atoms with Gasteiger partial charge in [-0.1, -0.05) is 0 Å². The highest BCUT2D eigenvalue weighted by Crippen LogP contribution is 2.10. The number of aromatic nitrogens is 4. The Morgan fingerprint density at radius 3 is 2.45 bits per heavy atom. The molecule has 2 aromatic heterocycles. The van der Waals surface area contributed by atoms with Crippen LogP contribution in [0.2, 0.25) is 0 Å². The lowest BCUT2D eigenvalue weighted by Crippen LogP contribution is -2.16. The number of H-pyrrole nitrogens is 1. The molecule has 0 fully saturated rings. The van der Waals surface area contributed by atoms with Crippen molar-refractivity contribution in [1.29, 1.82) is 0 Å².